The largest absolute Gasteiger partial charge is 0.373 e. The van der Waals surface area contributed by atoms with E-state index >= 15 is 0 Å². The van der Waals surface area contributed by atoms with E-state index in [0.717, 1.165) is 28.6 Å². The Balaban J connectivity index is 1.94. The fourth-order valence-corrected chi connectivity index (χ4v) is 3.58. The predicted octanol–water partition coefficient (Wildman–Crippen LogP) is 2.85. The molecule has 1 amide bonds. The van der Waals surface area contributed by atoms with E-state index in [4.69, 9.17) is 4.74 Å². The van der Waals surface area contributed by atoms with Gasteiger partial charge in [-0.15, -0.1) is 0 Å². The van der Waals surface area contributed by atoms with Crippen molar-refractivity contribution >= 4 is 33.3 Å². The Bertz CT molecular complexity index is 599. The number of hydrogen-bond donors (Lipinski definition) is 0. The van der Waals surface area contributed by atoms with Gasteiger partial charge >= 0.3 is 0 Å². The molecular formula is C15H16BrNO3. The molecule has 20 heavy (non-hydrogen) atoms. The minimum Gasteiger partial charge on any atom is -0.373 e. The topological polar surface area (TPSA) is 46.6 Å². The molecule has 0 saturated carbocycles. The number of Topliss-reactive ketones (excluding diaryl/α,β-unsaturated/α-hetero) is 1. The van der Waals surface area contributed by atoms with E-state index in [1.165, 1.54) is 0 Å². The zero-order chi connectivity index (χ0) is 14.4. The van der Waals surface area contributed by atoms with Gasteiger partial charge in [-0.3, -0.25) is 9.59 Å². The highest BCUT2D eigenvalue weighted by molar-refractivity contribution is 9.10. The van der Waals surface area contributed by atoms with Crippen molar-refractivity contribution in [3.63, 3.8) is 0 Å². The molecule has 5 heteroatoms. The van der Waals surface area contributed by atoms with Crippen LogP contribution in [0, 0.1) is 6.92 Å². The summed E-state index contributed by atoms with van der Waals surface area (Å²) in [6.45, 7) is 4.41. The van der Waals surface area contributed by atoms with E-state index in [2.05, 4.69) is 15.9 Å². The first kappa shape index (κ1) is 13.8. The third-order valence-electron chi connectivity index (χ3n) is 3.93. The average molecular weight is 338 g/mol. The molecule has 1 aromatic rings. The second kappa shape index (κ2) is 4.97. The molecule has 0 spiro atoms. The first-order valence-electron chi connectivity index (χ1n) is 6.79. The molecule has 2 aliphatic heterocycles. The number of anilines is 1. The summed E-state index contributed by atoms with van der Waals surface area (Å²) in [4.78, 5) is 25.9. The number of halogens is 1. The molecule has 0 aromatic heterocycles. The molecule has 0 aliphatic carbocycles. The SMILES string of the molecule is Cc1cc(Br)cc2c1N(CC1CCC(C)O1)C(=O)C2=O. The number of ketones is 1. The van der Waals surface area contributed by atoms with Gasteiger partial charge in [-0.2, -0.15) is 0 Å². The molecule has 0 bridgehead atoms. The van der Waals surface area contributed by atoms with E-state index in [1.54, 1.807) is 11.0 Å². The Kier molecular flexibility index (Phi) is 3.42. The summed E-state index contributed by atoms with van der Waals surface area (Å²) in [5, 5.41) is 0. The van der Waals surface area contributed by atoms with Crippen molar-refractivity contribution in [2.45, 2.75) is 38.9 Å². The van der Waals surface area contributed by atoms with Crippen LogP contribution in [0.2, 0.25) is 0 Å². The molecule has 106 valence electrons. The average Bonchev–Trinajstić information content (AvgIpc) is 2.88. The van der Waals surface area contributed by atoms with Gasteiger partial charge in [0, 0.05) is 4.47 Å². The first-order chi connectivity index (χ1) is 9.47. The van der Waals surface area contributed by atoms with Crippen molar-refractivity contribution in [3.8, 4) is 0 Å². The predicted molar refractivity (Wildman–Crippen MR) is 79.1 cm³/mol. The molecule has 1 fully saturated rings. The molecule has 4 nitrogen and oxygen atoms in total. The van der Waals surface area contributed by atoms with E-state index < -0.39 is 11.7 Å². The van der Waals surface area contributed by atoms with Crippen molar-refractivity contribution in [2.75, 3.05) is 11.4 Å². The lowest BCUT2D eigenvalue weighted by Crippen LogP contribution is -2.37. The lowest BCUT2D eigenvalue weighted by atomic mass is 10.1. The number of fused-ring (bicyclic) bond motifs is 1. The Hall–Kier alpha value is -1.20. The van der Waals surface area contributed by atoms with Gasteiger partial charge in [0.2, 0.25) is 0 Å². The maximum Gasteiger partial charge on any atom is 0.299 e. The Morgan fingerprint density at radius 1 is 1.35 bits per heavy atom. The molecule has 2 heterocycles. The highest BCUT2D eigenvalue weighted by Gasteiger charge is 2.39. The van der Waals surface area contributed by atoms with Gasteiger partial charge < -0.3 is 9.64 Å². The van der Waals surface area contributed by atoms with Crippen LogP contribution in [0.5, 0.6) is 0 Å². The van der Waals surface area contributed by atoms with Crippen LogP contribution in [0.1, 0.15) is 35.7 Å². The fraction of sp³-hybridized carbons (Fsp3) is 0.467. The van der Waals surface area contributed by atoms with E-state index in [9.17, 15) is 9.59 Å². The number of carbonyl (C=O) groups is 2. The van der Waals surface area contributed by atoms with E-state index in [0.29, 0.717) is 12.1 Å². The number of rotatable bonds is 2. The van der Waals surface area contributed by atoms with Crippen molar-refractivity contribution in [3.05, 3.63) is 27.7 Å². The van der Waals surface area contributed by atoms with E-state index in [1.807, 2.05) is 19.9 Å². The normalized spacial score (nSPS) is 25.4. The molecule has 2 unspecified atom stereocenters. The Labute approximate surface area is 126 Å². The van der Waals surface area contributed by atoms with Gasteiger partial charge in [0.1, 0.15) is 0 Å². The molecule has 0 radical (unpaired) electrons. The molecule has 2 atom stereocenters. The van der Waals surface area contributed by atoms with Gasteiger partial charge in [0.25, 0.3) is 11.7 Å². The summed E-state index contributed by atoms with van der Waals surface area (Å²) >= 11 is 3.37. The van der Waals surface area contributed by atoms with Gasteiger partial charge in [-0.05, 0) is 44.4 Å². The van der Waals surface area contributed by atoms with E-state index in [-0.39, 0.29) is 12.2 Å². The minimum absolute atomic E-state index is 0.0238. The van der Waals surface area contributed by atoms with Crippen LogP contribution >= 0.6 is 15.9 Å². The number of amides is 1. The molecule has 0 N–H and O–H groups in total. The number of hydrogen-bond acceptors (Lipinski definition) is 3. The van der Waals surface area contributed by atoms with Crippen LogP contribution in [-0.4, -0.2) is 30.4 Å². The van der Waals surface area contributed by atoms with Crippen molar-refractivity contribution in [1.82, 2.24) is 0 Å². The van der Waals surface area contributed by atoms with Gasteiger partial charge in [0.15, 0.2) is 0 Å². The van der Waals surface area contributed by atoms with Crippen LogP contribution in [-0.2, 0) is 9.53 Å². The summed E-state index contributed by atoms with van der Waals surface area (Å²) in [5.74, 6) is -0.861. The molecular weight excluding hydrogens is 322 g/mol. The Morgan fingerprint density at radius 3 is 2.75 bits per heavy atom. The van der Waals surface area contributed by atoms with Crippen molar-refractivity contribution in [1.29, 1.82) is 0 Å². The van der Waals surface area contributed by atoms with Crippen LogP contribution in [0.3, 0.4) is 0 Å². The van der Waals surface area contributed by atoms with Gasteiger partial charge in [-0.1, -0.05) is 15.9 Å². The summed E-state index contributed by atoms with van der Waals surface area (Å²) in [5.41, 5.74) is 2.17. The number of carbonyl (C=O) groups excluding carboxylic acids is 2. The highest BCUT2D eigenvalue weighted by Crippen LogP contribution is 2.36. The lowest BCUT2D eigenvalue weighted by Gasteiger charge is -2.22. The maximum absolute atomic E-state index is 12.2. The summed E-state index contributed by atoms with van der Waals surface area (Å²) in [7, 11) is 0. The summed E-state index contributed by atoms with van der Waals surface area (Å²) < 4.78 is 6.59. The third kappa shape index (κ3) is 2.19. The zero-order valence-electron chi connectivity index (χ0n) is 11.5. The lowest BCUT2D eigenvalue weighted by molar-refractivity contribution is -0.114. The number of benzene rings is 1. The third-order valence-corrected chi connectivity index (χ3v) is 4.38. The maximum atomic E-state index is 12.2. The van der Waals surface area contributed by atoms with Gasteiger partial charge in [-0.25, -0.2) is 0 Å². The smallest absolute Gasteiger partial charge is 0.299 e. The van der Waals surface area contributed by atoms with Gasteiger partial charge in [0.05, 0.1) is 30.0 Å². The second-order valence-electron chi connectivity index (χ2n) is 5.51. The quantitative estimate of drug-likeness (QED) is 0.779. The Morgan fingerprint density at radius 2 is 2.10 bits per heavy atom. The number of aryl methyl sites for hydroxylation is 1. The first-order valence-corrected chi connectivity index (χ1v) is 7.58. The zero-order valence-corrected chi connectivity index (χ0v) is 13.1. The van der Waals surface area contributed by atoms with Crippen LogP contribution in [0.25, 0.3) is 0 Å². The molecule has 1 aromatic carbocycles. The number of ether oxygens (including phenoxy) is 1. The van der Waals surface area contributed by atoms with Crippen LogP contribution in [0.4, 0.5) is 5.69 Å². The summed E-state index contributed by atoms with van der Waals surface area (Å²) in [6, 6.07) is 3.65. The summed E-state index contributed by atoms with van der Waals surface area (Å²) in [6.07, 6.45) is 2.20. The number of nitrogens with zero attached hydrogens (tertiary/aromatic N) is 1. The van der Waals surface area contributed by atoms with Crippen LogP contribution in [0.15, 0.2) is 16.6 Å². The van der Waals surface area contributed by atoms with Crippen molar-refractivity contribution < 1.29 is 14.3 Å². The highest BCUT2D eigenvalue weighted by atomic mass is 79.9. The monoisotopic (exact) mass is 337 g/mol. The second-order valence-corrected chi connectivity index (χ2v) is 6.43. The molecule has 2 aliphatic rings. The fourth-order valence-electron chi connectivity index (χ4n) is 3.00. The van der Waals surface area contributed by atoms with Crippen LogP contribution < -0.4 is 4.90 Å². The molecule has 3 rings (SSSR count). The van der Waals surface area contributed by atoms with Crippen molar-refractivity contribution in [2.24, 2.45) is 0 Å². The standard InChI is InChI=1S/C15H16BrNO3/c1-8-5-10(16)6-12-13(8)17(15(19)14(12)18)7-11-4-3-9(2)20-11/h5-6,9,11H,3-4,7H2,1-2H3. The minimum atomic E-state index is -0.440. The molecule has 1 saturated heterocycles.